The highest BCUT2D eigenvalue weighted by molar-refractivity contribution is 6.30. The molecule has 1 atom stereocenters. The van der Waals surface area contributed by atoms with E-state index in [1.54, 1.807) is 24.0 Å². The molecule has 2 aromatic carbocycles. The van der Waals surface area contributed by atoms with Crippen LogP contribution in [0.1, 0.15) is 44.6 Å². The number of hydrogen-bond donors (Lipinski definition) is 0. The Kier molecular flexibility index (Phi) is 9.31. The van der Waals surface area contributed by atoms with Crippen LogP contribution >= 0.6 is 11.6 Å². The van der Waals surface area contributed by atoms with Crippen molar-refractivity contribution in [2.45, 2.75) is 45.6 Å². The number of benzene rings is 2. The zero-order chi connectivity index (χ0) is 27.1. The molecule has 0 aromatic heterocycles. The maximum Gasteiger partial charge on any atom is 0.225 e. The van der Waals surface area contributed by atoms with Crippen molar-refractivity contribution < 1.29 is 19.1 Å². The number of piperidine rings is 2. The Morgan fingerprint density at radius 3 is 2.45 bits per heavy atom. The van der Waals surface area contributed by atoms with Gasteiger partial charge in [-0.15, -0.1) is 0 Å². The lowest BCUT2D eigenvalue weighted by atomic mass is 9.76. The second kappa shape index (κ2) is 12.7. The molecule has 2 heterocycles. The molecule has 2 aliphatic heterocycles. The number of carbonyl (C=O) groups is 3. The molecule has 3 amide bonds. The second-order valence-electron chi connectivity index (χ2n) is 10.8. The SMILES string of the molecule is CC(=O)N1CCC(C(=O)N2CCCC(COc3cccc(Cl)c3)(CC(=O)N(C)Cc3ccccc3)C2)CC1. The quantitative estimate of drug-likeness (QED) is 0.490. The van der Waals surface area contributed by atoms with Crippen LogP contribution in [-0.4, -0.2) is 72.3 Å². The Bertz CT molecular complexity index is 1120. The van der Waals surface area contributed by atoms with Gasteiger partial charge in [0.1, 0.15) is 5.75 Å². The van der Waals surface area contributed by atoms with Gasteiger partial charge in [-0.2, -0.15) is 0 Å². The van der Waals surface area contributed by atoms with Gasteiger partial charge in [-0.1, -0.05) is 48.0 Å². The summed E-state index contributed by atoms with van der Waals surface area (Å²) in [5, 5.41) is 0.590. The van der Waals surface area contributed by atoms with Gasteiger partial charge in [-0.05, 0) is 49.4 Å². The van der Waals surface area contributed by atoms with Crippen LogP contribution in [0.4, 0.5) is 0 Å². The summed E-state index contributed by atoms with van der Waals surface area (Å²) in [6.45, 7) is 4.82. The van der Waals surface area contributed by atoms with Gasteiger partial charge in [0.05, 0.1) is 6.61 Å². The van der Waals surface area contributed by atoms with Gasteiger partial charge in [0, 0.05) is 69.5 Å². The standard InChI is InChI=1S/C30H38ClN3O4/c1-23(35)33-16-12-25(13-17-33)29(37)34-15-7-14-30(21-34,22-38-27-11-6-10-26(31)18-27)19-28(36)32(2)20-24-8-4-3-5-9-24/h3-6,8-11,18,25H,7,12-17,19-22H2,1-2H3. The summed E-state index contributed by atoms with van der Waals surface area (Å²) in [6, 6.07) is 17.2. The zero-order valence-electron chi connectivity index (χ0n) is 22.4. The maximum absolute atomic E-state index is 13.6. The largest absolute Gasteiger partial charge is 0.493 e. The summed E-state index contributed by atoms with van der Waals surface area (Å²) < 4.78 is 6.21. The Labute approximate surface area is 230 Å². The van der Waals surface area contributed by atoms with E-state index in [4.69, 9.17) is 16.3 Å². The van der Waals surface area contributed by atoms with Crippen LogP contribution < -0.4 is 4.74 Å². The first-order valence-corrected chi connectivity index (χ1v) is 13.8. The normalized spacial score (nSPS) is 20.2. The lowest BCUT2D eigenvalue weighted by Gasteiger charge is -2.44. The number of amides is 3. The molecule has 2 fully saturated rings. The first kappa shape index (κ1) is 28.0. The minimum absolute atomic E-state index is 0.0348. The number of likely N-dealkylation sites (tertiary alicyclic amines) is 2. The molecule has 204 valence electrons. The molecule has 0 bridgehead atoms. The molecule has 38 heavy (non-hydrogen) atoms. The van der Waals surface area contributed by atoms with Crippen molar-refractivity contribution in [1.82, 2.24) is 14.7 Å². The van der Waals surface area contributed by atoms with Crippen LogP contribution in [0.2, 0.25) is 5.02 Å². The summed E-state index contributed by atoms with van der Waals surface area (Å²) in [6.07, 6.45) is 3.26. The molecule has 0 aliphatic carbocycles. The van der Waals surface area contributed by atoms with E-state index in [1.807, 2.05) is 59.3 Å². The monoisotopic (exact) mass is 539 g/mol. The van der Waals surface area contributed by atoms with Gasteiger partial charge in [0.25, 0.3) is 0 Å². The molecular formula is C30H38ClN3O4. The van der Waals surface area contributed by atoms with E-state index in [2.05, 4.69) is 0 Å². The summed E-state index contributed by atoms with van der Waals surface area (Å²) in [7, 11) is 1.83. The van der Waals surface area contributed by atoms with E-state index in [0.29, 0.717) is 69.4 Å². The van der Waals surface area contributed by atoms with Gasteiger partial charge in [0.2, 0.25) is 17.7 Å². The lowest BCUT2D eigenvalue weighted by Crippen LogP contribution is -2.53. The third-order valence-electron chi connectivity index (χ3n) is 7.82. The van der Waals surface area contributed by atoms with Crippen molar-refractivity contribution in [2.24, 2.45) is 11.3 Å². The maximum atomic E-state index is 13.6. The van der Waals surface area contributed by atoms with Crippen LogP contribution in [0.15, 0.2) is 54.6 Å². The summed E-state index contributed by atoms with van der Waals surface area (Å²) in [4.78, 5) is 44.3. The Morgan fingerprint density at radius 1 is 1.03 bits per heavy atom. The number of rotatable bonds is 8. The zero-order valence-corrected chi connectivity index (χ0v) is 23.2. The van der Waals surface area contributed by atoms with Crippen LogP contribution in [-0.2, 0) is 20.9 Å². The van der Waals surface area contributed by atoms with E-state index >= 15 is 0 Å². The Hall–Kier alpha value is -3.06. The molecule has 2 saturated heterocycles. The molecule has 0 N–H and O–H groups in total. The molecule has 8 heteroatoms. The number of ether oxygens (including phenoxy) is 1. The van der Waals surface area contributed by atoms with Crippen LogP contribution in [0.3, 0.4) is 0 Å². The van der Waals surface area contributed by atoms with Gasteiger partial charge < -0.3 is 19.4 Å². The van der Waals surface area contributed by atoms with Crippen LogP contribution in [0, 0.1) is 11.3 Å². The van der Waals surface area contributed by atoms with Gasteiger partial charge >= 0.3 is 0 Å². The first-order valence-electron chi connectivity index (χ1n) is 13.5. The van der Waals surface area contributed by atoms with Crippen LogP contribution in [0.5, 0.6) is 5.75 Å². The minimum atomic E-state index is -0.502. The highest BCUT2D eigenvalue weighted by atomic mass is 35.5. The van der Waals surface area contributed by atoms with Gasteiger partial charge in [-0.3, -0.25) is 14.4 Å². The van der Waals surface area contributed by atoms with Crippen molar-refractivity contribution in [1.29, 1.82) is 0 Å². The Balaban J connectivity index is 1.47. The van der Waals surface area contributed by atoms with E-state index < -0.39 is 5.41 Å². The number of nitrogens with zero attached hydrogens (tertiary/aromatic N) is 3. The molecule has 1 unspecified atom stereocenters. The molecule has 4 rings (SSSR count). The molecule has 0 spiro atoms. The molecule has 2 aliphatic rings. The topological polar surface area (TPSA) is 70.2 Å². The third-order valence-corrected chi connectivity index (χ3v) is 8.05. The van der Waals surface area contributed by atoms with E-state index in [0.717, 1.165) is 18.4 Å². The smallest absolute Gasteiger partial charge is 0.225 e. The fourth-order valence-corrected chi connectivity index (χ4v) is 5.78. The van der Waals surface area contributed by atoms with Crippen molar-refractivity contribution in [3.63, 3.8) is 0 Å². The molecule has 0 radical (unpaired) electrons. The molecule has 0 saturated carbocycles. The first-order chi connectivity index (χ1) is 18.2. The van der Waals surface area contributed by atoms with E-state index in [1.165, 1.54) is 0 Å². The molecular weight excluding hydrogens is 502 g/mol. The third kappa shape index (κ3) is 7.28. The predicted molar refractivity (Wildman–Crippen MR) is 148 cm³/mol. The average Bonchev–Trinajstić information content (AvgIpc) is 2.92. The number of carbonyl (C=O) groups excluding carboxylic acids is 3. The number of halogens is 1. The summed E-state index contributed by atoms with van der Waals surface area (Å²) in [5.41, 5.74) is 0.572. The second-order valence-corrected chi connectivity index (χ2v) is 11.2. The summed E-state index contributed by atoms with van der Waals surface area (Å²) >= 11 is 6.17. The van der Waals surface area contributed by atoms with Crippen molar-refractivity contribution in [3.8, 4) is 5.75 Å². The average molecular weight is 540 g/mol. The van der Waals surface area contributed by atoms with E-state index in [9.17, 15) is 14.4 Å². The van der Waals surface area contributed by atoms with Gasteiger partial charge in [0.15, 0.2) is 0 Å². The fraction of sp³-hybridized carbons (Fsp3) is 0.500. The number of hydrogen-bond acceptors (Lipinski definition) is 4. The minimum Gasteiger partial charge on any atom is -0.493 e. The fourth-order valence-electron chi connectivity index (χ4n) is 5.60. The Morgan fingerprint density at radius 2 is 1.76 bits per heavy atom. The molecule has 7 nitrogen and oxygen atoms in total. The van der Waals surface area contributed by atoms with Crippen LogP contribution in [0.25, 0.3) is 0 Å². The van der Waals surface area contributed by atoms with Gasteiger partial charge in [-0.25, -0.2) is 0 Å². The van der Waals surface area contributed by atoms with Crippen molar-refractivity contribution >= 4 is 29.3 Å². The highest BCUT2D eigenvalue weighted by Gasteiger charge is 2.42. The van der Waals surface area contributed by atoms with Crippen molar-refractivity contribution in [2.75, 3.05) is 39.8 Å². The van der Waals surface area contributed by atoms with E-state index in [-0.39, 0.29) is 23.6 Å². The molecule has 2 aromatic rings. The van der Waals surface area contributed by atoms with Crippen molar-refractivity contribution in [3.05, 3.63) is 65.2 Å². The predicted octanol–water partition coefficient (Wildman–Crippen LogP) is 4.63. The highest BCUT2D eigenvalue weighted by Crippen LogP contribution is 2.37. The summed E-state index contributed by atoms with van der Waals surface area (Å²) in [5.74, 6) is 0.788. The lowest BCUT2D eigenvalue weighted by molar-refractivity contribution is -0.146.